The minimum Gasteiger partial charge on any atom is -1.00 e. The molecule has 0 amide bonds. The van der Waals surface area contributed by atoms with Crippen LogP contribution in [-0.2, 0) is 4.74 Å². The normalized spacial score (nSPS) is 22.6. The molecule has 1 rings (SSSR count). The lowest BCUT2D eigenvalue weighted by atomic mass is 10.3. The molecule has 0 aliphatic carbocycles. The number of ether oxygens (including phenoxy) is 1. The Morgan fingerprint density at radius 3 is 2.45 bits per heavy atom. The predicted molar refractivity (Wildman–Crippen MR) is 38.7 cm³/mol. The van der Waals surface area contributed by atoms with E-state index in [2.05, 4.69) is 14.1 Å². The molecule has 0 aromatic rings. The molecule has 3 nitrogen and oxygen atoms in total. The third-order valence-corrected chi connectivity index (χ3v) is 1.81. The maximum atomic E-state index is 8.68. The monoisotopic (exact) mass is 181 g/mol. The van der Waals surface area contributed by atoms with Gasteiger partial charge in [-0.3, -0.25) is 0 Å². The quantitative estimate of drug-likeness (QED) is 0.360. The van der Waals surface area contributed by atoms with E-state index in [0.29, 0.717) is 6.10 Å². The molecule has 0 aromatic carbocycles. The molecule has 1 heterocycles. The fraction of sp³-hybridized carbons (Fsp3) is 1.00. The van der Waals surface area contributed by atoms with Crippen molar-refractivity contribution in [3.8, 4) is 0 Å². The minimum absolute atomic E-state index is 0. The van der Waals surface area contributed by atoms with Crippen LogP contribution >= 0.6 is 0 Å². The molecular weight excluding hydrogens is 166 g/mol. The van der Waals surface area contributed by atoms with Gasteiger partial charge >= 0.3 is 0 Å². The molecule has 68 valence electrons. The first kappa shape index (κ1) is 11.2. The van der Waals surface area contributed by atoms with E-state index >= 15 is 0 Å². The van der Waals surface area contributed by atoms with Crippen LogP contribution in [0.4, 0.5) is 0 Å². The minimum atomic E-state index is 0. The van der Waals surface area contributed by atoms with Crippen molar-refractivity contribution in [3.63, 3.8) is 0 Å². The van der Waals surface area contributed by atoms with Gasteiger partial charge in [0.15, 0.2) is 0 Å². The van der Waals surface area contributed by atoms with E-state index in [-0.39, 0.29) is 19.0 Å². The maximum Gasteiger partial charge on any atom is 0.130 e. The molecule has 1 fully saturated rings. The van der Waals surface area contributed by atoms with E-state index in [4.69, 9.17) is 9.84 Å². The summed E-state index contributed by atoms with van der Waals surface area (Å²) >= 11 is 0. The third-order valence-electron chi connectivity index (χ3n) is 1.81. The number of aliphatic hydroxyl groups is 1. The maximum absolute atomic E-state index is 8.68. The summed E-state index contributed by atoms with van der Waals surface area (Å²) in [4.78, 5) is 0. The third kappa shape index (κ3) is 4.58. The molecule has 1 saturated heterocycles. The first-order valence-electron chi connectivity index (χ1n) is 3.68. The van der Waals surface area contributed by atoms with Gasteiger partial charge in [0.05, 0.1) is 27.3 Å². The summed E-state index contributed by atoms with van der Waals surface area (Å²) in [5.74, 6) is 0. The molecule has 0 spiro atoms. The molecule has 11 heavy (non-hydrogen) atoms. The zero-order valence-corrected chi connectivity index (χ0v) is 7.84. The van der Waals surface area contributed by atoms with Gasteiger partial charge in [0.25, 0.3) is 0 Å². The van der Waals surface area contributed by atoms with E-state index in [1.165, 1.54) is 0 Å². The van der Waals surface area contributed by atoms with Gasteiger partial charge in [-0.05, 0) is 0 Å². The Labute approximate surface area is 74.0 Å². The smallest absolute Gasteiger partial charge is 0.130 e. The fourth-order valence-corrected chi connectivity index (χ4v) is 1.09. The van der Waals surface area contributed by atoms with Gasteiger partial charge in [-0.25, -0.2) is 0 Å². The van der Waals surface area contributed by atoms with Gasteiger partial charge in [0, 0.05) is 0 Å². The number of hydrogen-bond donors (Lipinski definition) is 1. The molecule has 1 aliphatic rings. The van der Waals surface area contributed by atoms with Crippen LogP contribution in [0, 0.1) is 0 Å². The first-order valence-corrected chi connectivity index (χ1v) is 3.68. The molecule has 0 saturated carbocycles. The number of nitrogens with zero attached hydrogens (tertiary/aromatic N) is 1. The van der Waals surface area contributed by atoms with Crippen molar-refractivity contribution in [2.45, 2.75) is 6.10 Å². The second-order valence-electron chi connectivity index (χ2n) is 3.52. The van der Waals surface area contributed by atoms with Gasteiger partial charge < -0.3 is 26.7 Å². The summed E-state index contributed by atoms with van der Waals surface area (Å²) in [6.07, 6.45) is 0.460. The van der Waals surface area contributed by atoms with Crippen LogP contribution in [-0.4, -0.2) is 56.1 Å². The number of epoxide rings is 1. The Morgan fingerprint density at radius 1 is 1.55 bits per heavy atom. The zero-order valence-electron chi connectivity index (χ0n) is 7.09. The molecule has 0 radical (unpaired) electrons. The highest BCUT2D eigenvalue weighted by Crippen LogP contribution is 2.12. The molecule has 1 aliphatic heterocycles. The Hall–Kier alpha value is 0.170. The van der Waals surface area contributed by atoms with Crippen LogP contribution < -0.4 is 12.4 Å². The van der Waals surface area contributed by atoms with Crippen LogP contribution in [0.1, 0.15) is 0 Å². The van der Waals surface area contributed by atoms with Crippen molar-refractivity contribution in [2.75, 3.05) is 40.4 Å². The molecule has 4 heteroatoms. The Kier molecular flexibility index (Phi) is 4.32. The van der Waals surface area contributed by atoms with E-state index in [1.54, 1.807) is 0 Å². The highest BCUT2D eigenvalue weighted by atomic mass is 35.5. The van der Waals surface area contributed by atoms with Crippen molar-refractivity contribution in [2.24, 2.45) is 0 Å². The summed E-state index contributed by atoms with van der Waals surface area (Å²) in [5.41, 5.74) is 0. The molecule has 0 bridgehead atoms. The summed E-state index contributed by atoms with van der Waals surface area (Å²) in [6, 6.07) is 0. The number of rotatable bonds is 4. The van der Waals surface area contributed by atoms with E-state index in [0.717, 1.165) is 24.2 Å². The summed E-state index contributed by atoms with van der Waals surface area (Å²) < 4.78 is 5.96. The van der Waals surface area contributed by atoms with Gasteiger partial charge in [-0.15, -0.1) is 0 Å². The van der Waals surface area contributed by atoms with E-state index in [9.17, 15) is 0 Å². The number of halogens is 1. The second-order valence-corrected chi connectivity index (χ2v) is 3.52. The van der Waals surface area contributed by atoms with E-state index in [1.807, 2.05) is 0 Å². The molecule has 1 N–H and O–H groups in total. The van der Waals surface area contributed by atoms with Crippen molar-refractivity contribution in [1.82, 2.24) is 0 Å². The molecular formula is C7H16ClNO2. The van der Waals surface area contributed by atoms with Gasteiger partial charge in [0.1, 0.15) is 19.2 Å². The zero-order chi connectivity index (χ0) is 7.61. The fourth-order valence-electron chi connectivity index (χ4n) is 1.09. The van der Waals surface area contributed by atoms with Crippen molar-refractivity contribution >= 4 is 0 Å². The standard InChI is InChI=1S/C7H16NO2.ClH/c1-8(2,3-4-9)5-7-6-10-7;/h7,9H,3-6H2,1-2H3;1H/q+1;/p-1. The molecule has 1 atom stereocenters. The van der Waals surface area contributed by atoms with Gasteiger partial charge in [-0.2, -0.15) is 0 Å². The summed E-state index contributed by atoms with van der Waals surface area (Å²) in [5, 5.41) is 8.68. The Morgan fingerprint density at radius 2 is 2.09 bits per heavy atom. The molecule has 0 aromatic heterocycles. The highest BCUT2D eigenvalue weighted by Gasteiger charge is 2.30. The van der Waals surface area contributed by atoms with E-state index < -0.39 is 0 Å². The lowest BCUT2D eigenvalue weighted by molar-refractivity contribution is -0.891. The lowest BCUT2D eigenvalue weighted by Gasteiger charge is -2.27. The Balaban J connectivity index is 0.000001000. The van der Waals surface area contributed by atoms with Crippen molar-refractivity contribution in [1.29, 1.82) is 0 Å². The highest BCUT2D eigenvalue weighted by molar-refractivity contribution is 4.67. The first-order chi connectivity index (χ1) is 4.64. The van der Waals surface area contributed by atoms with Crippen molar-refractivity contribution < 1.29 is 26.7 Å². The average Bonchev–Trinajstić information content (AvgIpc) is 2.48. The number of likely N-dealkylation sites (N-methyl/N-ethyl adjacent to an activating group) is 1. The topological polar surface area (TPSA) is 32.8 Å². The summed E-state index contributed by atoms with van der Waals surface area (Å²) in [6.45, 7) is 3.02. The lowest BCUT2D eigenvalue weighted by Crippen LogP contribution is -3.00. The van der Waals surface area contributed by atoms with Crippen LogP contribution in [0.25, 0.3) is 0 Å². The second kappa shape index (κ2) is 4.26. The van der Waals surface area contributed by atoms with Crippen molar-refractivity contribution in [3.05, 3.63) is 0 Å². The summed E-state index contributed by atoms with van der Waals surface area (Å²) in [7, 11) is 4.22. The number of aliphatic hydroxyl groups excluding tert-OH is 1. The SMILES string of the molecule is C[N+](C)(CCO)CC1CO1.[Cl-]. The number of hydrogen-bond acceptors (Lipinski definition) is 2. The number of quaternary nitrogens is 1. The predicted octanol–water partition coefficient (Wildman–Crippen LogP) is -3.54. The van der Waals surface area contributed by atoms with Crippen LogP contribution in [0.5, 0.6) is 0 Å². The van der Waals surface area contributed by atoms with Gasteiger partial charge in [-0.1, -0.05) is 0 Å². The largest absolute Gasteiger partial charge is 1.00 e. The van der Waals surface area contributed by atoms with Gasteiger partial charge in [0.2, 0.25) is 0 Å². The van der Waals surface area contributed by atoms with Crippen LogP contribution in [0.2, 0.25) is 0 Å². The average molecular weight is 182 g/mol. The Bertz CT molecular complexity index is 115. The van der Waals surface area contributed by atoms with Crippen LogP contribution in [0.15, 0.2) is 0 Å². The molecule has 1 unspecified atom stereocenters. The van der Waals surface area contributed by atoms with Crippen LogP contribution in [0.3, 0.4) is 0 Å².